The Balaban J connectivity index is 1.15. The molecule has 0 radical (unpaired) electrons. The van der Waals surface area contributed by atoms with Crippen molar-refractivity contribution in [2.45, 2.75) is 102 Å². The van der Waals surface area contributed by atoms with E-state index < -0.39 is 88.7 Å². The number of anilines is 2. The monoisotopic (exact) mass is 1040 g/mol. The number of nitrogens with two attached hydrogens (primary N) is 2. The number of carbonyl (C=O) groups excluding carboxylic acids is 6. The Morgan fingerprint density at radius 3 is 2.30 bits per heavy atom. The SMILES string of the molecule is CC(C)C(NC(=O)CCCCCN1C(=O)C=CC1=O)C(=O)N[C@H](CCCNC(N)=O)C(=O)Nc1ccc(C[n+]2ccc(N[C@H]3C[C@@H](COS(N)(=O)=O)[C@H](O)[C@@H]3O)n3nc(-c4cccc(C(F)(F)F)c4)cc32)cc1. The summed E-state index contributed by atoms with van der Waals surface area (Å²) in [5, 5.41) is 45.0. The topological polar surface area (TPSA) is 323 Å². The van der Waals surface area contributed by atoms with Crippen LogP contribution < -0.4 is 42.0 Å². The molecular weight excluding hydrogens is 984 g/mol. The Labute approximate surface area is 417 Å². The fourth-order valence-electron chi connectivity index (χ4n) is 8.44. The Morgan fingerprint density at radius 1 is 0.932 bits per heavy atom. The second kappa shape index (κ2) is 24.1. The number of fused-ring (bicyclic) bond motifs is 1. The molecule has 6 atom stereocenters. The first kappa shape index (κ1) is 55.3. The molecule has 1 aliphatic carbocycles. The van der Waals surface area contributed by atoms with Gasteiger partial charge in [0.1, 0.15) is 30.4 Å². The number of aliphatic hydroxyl groups excluding tert-OH is 2. The molecule has 26 heteroatoms. The first-order valence-corrected chi connectivity index (χ1v) is 24.9. The van der Waals surface area contributed by atoms with Gasteiger partial charge in [-0.05, 0) is 67.9 Å². The zero-order valence-electron chi connectivity index (χ0n) is 39.9. The maximum atomic E-state index is 13.8. The fourth-order valence-corrected chi connectivity index (χ4v) is 8.80. The molecule has 1 saturated carbocycles. The molecule has 73 heavy (non-hydrogen) atoms. The summed E-state index contributed by atoms with van der Waals surface area (Å²) in [6, 6.07) is 10.7. The van der Waals surface area contributed by atoms with Crippen LogP contribution in [0.4, 0.5) is 29.5 Å². The highest BCUT2D eigenvalue weighted by molar-refractivity contribution is 7.84. The summed E-state index contributed by atoms with van der Waals surface area (Å²) in [7, 11) is -4.33. The van der Waals surface area contributed by atoms with Gasteiger partial charge in [0, 0.05) is 54.9 Å². The number of urea groups is 1. The second-order valence-corrected chi connectivity index (χ2v) is 19.4. The normalized spacial score (nSPS) is 18.8. The van der Waals surface area contributed by atoms with E-state index in [0.717, 1.165) is 17.0 Å². The van der Waals surface area contributed by atoms with Gasteiger partial charge in [-0.2, -0.15) is 21.6 Å². The zero-order chi connectivity index (χ0) is 53.2. The van der Waals surface area contributed by atoms with Gasteiger partial charge in [-0.15, -0.1) is 0 Å². The van der Waals surface area contributed by atoms with Crippen LogP contribution in [-0.4, -0.2) is 119 Å². The number of imide groups is 1. The summed E-state index contributed by atoms with van der Waals surface area (Å²) in [6.07, 6.45) is -1.40. The maximum Gasteiger partial charge on any atom is 0.416 e. The Bertz CT molecular complexity index is 2790. The molecule has 6 rings (SSSR count). The van der Waals surface area contributed by atoms with Gasteiger partial charge in [0.15, 0.2) is 0 Å². The molecule has 0 spiro atoms. The number of unbranched alkanes of at least 4 members (excludes halogenated alkanes) is 2. The van der Waals surface area contributed by atoms with E-state index in [1.54, 1.807) is 61.0 Å². The number of hydrogen-bond acceptors (Lipinski definition) is 13. The number of rotatable bonds is 24. The summed E-state index contributed by atoms with van der Waals surface area (Å²) in [6.45, 7) is 3.48. The van der Waals surface area contributed by atoms with Gasteiger partial charge in [0.25, 0.3) is 11.8 Å². The third-order valence-corrected chi connectivity index (χ3v) is 12.8. The lowest BCUT2D eigenvalue weighted by molar-refractivity contribution is -0.665. The van der Waals surface area contributed by atoms with Crippen LogP contribution in [0.5, 0.6) is 0 Å². The van der Waals surface area contributed by atoms with Crippen LogP contribution in [0.1, 0.15) is 69.9 Å². The first-order chi connectivity index (χ1) is 34.5. The minimum Gasteiger partial charge on any atom is -0.390 e. The van der Waals surface area contributed by atoms with Crippen molar-refractivity contribution in [3.05, 3.63) is 90.1 Å². The van der Waals surface area contributed by atoms with Gasteiger partial charge in [-0.3, -0.25) is 33.1 Å². The summed E-state index contributed by atoms with van der Waals surface area (Å²) in [4.78, 5) is 76.5. The summed E-state index contributed by atoms with van der Waals surface area (Å²) >= 11 is 0. The molecule has 4 aromatic rings. The average molecular weight is 1040 g/mol. The highest BCUT2D eigenvalue weighted by Crippen LogP contribution is 2.33. The predicted molar refractivity (Wildman–Crippen MR) is 256 cm³/mol. The van der Waals surface area contributed by atoms with Crippen LogP contribution in [-0.2, 0) is 51.2 Å². The van der Waals surface area contributed by atoms with Crippen molar-refractivity contribution < 1.29 is 69.3 Å². The van der Waals surface area contributed by atoms with Crippen LogP contribution in [0.25, 0.3) is 16.9 Å². The maximum absolute atomic E-state index is 13.8. The number of hydrogen-bond donors (Lipinski definition) is 9. The van der Waals surface area contributed by atoms with Crippen molar-refractivity contribution in [2.24, 2.45) is 22.7 Å². The first-order valence-electron chi connectivity index (χ1n) is 23.4. The minimum absolute atomic E-state index is 0.0482. The molecule has 2 aliphatic rings. The lowest BCUT2D eigenvalue weighted by Gasteiger charge is -2.25. The minimum atomic E-state index is -4.63. The molecule has 11 N–H and O–H groups in total. The van der Waals surface area contributed by atoms with Crippen LogP contribution in [0.15, 0.2) is 79.0 Å². The number of alkyl halides is 3. The average Bonchev–Trinajstić information content (AvgIpc) is 4.00. The van der Waals surface area contributed by atoms with Crippen LogP contribution in [0, 0.1) is 11.8 Å². The molecule has 1 fully saturated rings. The van der Waals surface area contributed by atoms with Gasteiger partial charge in [-0.1, -0.05) is 54.1 Å². The lowest BCUT2D eigenvalue weighted by Crippen LogP contribution is -2.54. The predicted octanol–water partition coefficient (Wildman–Crippen LogP) is 1.60. The van der Waals surface area contributed by atoms with E-state index >= 15 is 0 Å². The lowest BCUT2D eigenvalue weighted by atomic mass is 10.0. The number of aromatic nitrogens is 3. The van der Waals surface area contributed by atoms with E-state index in [1.165, 1.54) is 28.8 Å². The third kappa shape index (κ3) is 15.3. The van der Waals surface area contributed by atoms with Crippen LogP contribution in [0.3, 0.4) is 0 Å². The van der Waals surface area contributed by atoms with Gasteiger partial charge in [0.05, 0.1) is 36.6 Å². The summed E-state index contributed by atoms with van der Waals surface area (Å²) < 4.78 is 71.9. The van der Waals surface area contributed by atoms with Crippen molar-refractivity contribution in [3.8, 4) is 11.3 Å². The van der Waals surface area contributed by atoms with E-state index in [-0.39, 0.29) is 80.1 Å². The van der Waals surface area contributed by atoms with Crippen molar-refractivity contribution in [1.29, 1.82) is 0 Å². The zero-order valence-corrected chi connectivity index (χ0v) is 40.7. The largest absolute Gasteiger partial charge is 0.416 e. The summed E-state index contributed by atoms with van der Waals surface area (Å²) in [5.41, 5.74) is 6.09. The Morgan fingerprint density at radius 2 is 1.64 bits per heavy atom. The van der Waals surface area contributed by atoms with Gasteiger partial charge >= 0.3 is 28.2 Å². The van der Waals surface area contributed by atoms with Crippen LogP contribution in [0.2, 0.25) is 0 Å². The van der Waals surface area contributed by atoms with Gasteiger partial charge in [-0.25, -0.2) is 14.5 Å². The van der Waals surface area contributed by atoms with Crippen molar-refractivity contribution in [3.63, 3.8) is 0 Å². The number of amides is 7. The Hall–Kier alpha value is -7.00. The van der Waals surface area contributed by atoms with E-state index in [4.69, 9.17) is 10.9 Å². The molecule has 1 aliphatic heterocycles. The highest BCUT2D eigenvalue weighted by atomic mass is 32.2. The molecule has 22 nitrogen and oxygen atoms in total. The van der Waals surface area contributed by atoms with Crippen molar-refractivity contribution >= 4 is 63.0 Å². The van der Waals surface area contributed by atoms with E-state index in [9.17, 15) is 60.6 Å². The smallest absolute Gasteiger partial charge is 0.390 e. The molecule has 7 amide bonds. The van der Waals surface area contributed by atoms with Crippen LogP contribution >= 0.6 is 0 Å². The highest BCUT2D eigenvalue weighted by Gasteiger charge is 2.43. The standard InChI is InChI=1S/C47H58F3N11O11S/c1-27(2)41(57-37(62)11-4-3-5-20-60-39(63)16-17-40(60)64)45(68)56-33(10-7-19-53-46(51)69)44(67)54-32-14-12-28(13-15-32)25-59-21-18-36(55-35-23-30(42(65)43(35)66)26-72-73(52,70)71)61-38(59)24-34(58-61)29-8-6-9-31(22-29)47(48,49)50/h6,8-9,12-18,21-22,24,27,30,33,35,41-43,65-66H,3-5,7,10-11,19-20,23,25-26H2,1-2H3,(H8,51,52,53,54,56,57,62,67,68,69,70,71)/p+1/t30-,33+,35-,41?,42-,43+/m0/s1. The van der Waals surface area contributed by atoms with Crippen molar-refractivity contribution in [2.75, 3.05) is 30.3 Å². The molecule has 2 aromatic carbocycles. The fraction of sp³-hybridized carbons (Fsp3) is 0.447. The number of carbonyl (C=O) groups is 6. The number of benzene rings is 2. The molecule has 0 bridgehead atoms. The number of halogens is 3. The number of aliphatic hydroxyl groups is 2. The van der Waals surface area contributed by atoms with Crippen molar-refractivity contribution in [1.82, 2.24) is 30.5 Å². The quantitative estimate of drug-likeness (QED) is 0.0274. The molecule has 1 unspecified atom stereocenters. The molecule has 0 saturated heterocycles. The molecule has 2 aromatic heterocycles. The number of nitrogens with zero attached hydrogens (tertiary/aromatic N) is 4. The van der Waals surface area contributed by atoms with Gasteiger partial charge < -0.3 is 42.5 Å². The number of nitrogens with one attached hydrogen (secondary N) is 5. The summed E-state index contributed by atoms with van der Waals surface area (Å²) in [5.74, 6) is -3.30. The molecule has 394 valence electrons. The van der Waals surface area contributed by atoms with Gasteiger partial charge in [0.2, 0.25) is 23.5 Å². The molecule has 3 heterocycles. The van der Waals surface area contributed by atoms with E-state index in [0.29, 0.717) is 36.2 Å². The number of primary amides is 1. The molecular formula is C47H59F3N11O11S+. The van der Waals surface area contributed by atoms with E-state index in [1.807, 2.05) is 0 Å². The second-order valence-electron chi connectivity index (χ2n) is 18.2. The third-order valence-electron chi connectivity index (χ3n) is 12.3. The Kier molecular flexibility index (Phi) is 18.3. The van der Waals surface area contributed by atoms with E-state index in [2.05, 4.69) is 35.9 Å².